The van der Waals surface area contributed by atoms with Crippen LogP contribution in [0.3, 0.4) is 0 Å². The summed E-state index contributed by atoms with van der Waals surface area (Å²) in [6, 6.07) is 19.8. The zero-order chi connectivity index (χ0) is 28.2. The van der Waals surface area contributed by atoms with E-state index in [1.54, 1.807) is 55.0 Å². The van der Waals surface area contributed by atoms with Gasteiger partial charge in [-0.05, 0) is 24.3 Å². The summed E-state index contributed by atoms with van der Waals surface area (Å²) >= 11 is 1.50. The third kappa shape index (κ3) is 5.65. The summed E-state index contributed by atoms with van der Waals surface area (Å²) in [5, 5.41) is 9.17. The second-order valence-electron chi connectivity index (χ2n) is 9.16. The number of anilines is 1. The number of pyridine rings is 1. The molecule has 0 saturated carbocycles. The van der Waals surface area contributed by atoms with Crippen molar-refractivity contribution in [3.63, 3.8) is 0 Å². The fourth-order valence-corrected chi connectivity index (χ4v) is 5.03. The topological polar surface area (TPSA) is 135 Å². The van der Waals surface area contributed by atoms with Crippen LogP contribution in [0.4, 0.5) is 5.69 Å². The van der Waals surface area contributed by atoms with Crippen LogP contribution in [-0.4, -0.2) is 36.3 Å². The number of rotatable bonds is 8. The minimum absolute atomic E-state index is 0.0328. The molecule has 0 aliphatic rings. The number of carbonyl (C=O) groups excluding carboxylic acids is 2. The maximum Gasteiger partial charge on any atom is 0.278 e. The van der Waals surface area contributed by atoms with Crippen molar-refractivity contribution in [1.29, 1.82) is 0 Å². The quantitative estimate of drug-likeness (QED) is 0.251. The molecule has 11 heteroatoms. The summed E-state index contributed by atoms with van der Waals surface area (Å²) in [5.74, 6) is -0.538. The molecule has 41 heavy (non-hydrogen) atoms. The van der Waals surface area contributed by atoms with Crippen LogP contribution < -0.4 is 16.2 Å². The highest BCUT2D eigenvalue weighted by molar-refractivity contribution is 7.13. The average molecular weight is 562 g/mol. The second kappa shape index (κ2) is 11.4. The molecule has 0 saturated heterocycles. The SMILES string of the molecule is O=C(Cn1c(-c2ccccc2)ncc(NC(=O)c2ccc(-c3nccs3)cc2)c1=O)NCc1cc2cnccc2[nH]1. The van der Waals surface area contributed by atoms with Crippen LogP contribution in [0, 0.1) is 0 Å². The van der Waals surface area contributed by atoms with Gasteiger partial charge in [-0.1, -0.05) is 42.5 Å². The van der Waals surface area contributed by atoms with Crippen LogP contribution in [0.5, 0.6) is 0 Å². The Labute approximate surface area is 237 Å². The number of aromatic amines is 1. The highest BCUT2D eigenvalue weighted by atomic mass is 32.1. The molecule has 4 heterocycles. The first-order valence-electron chi connectivity index (χ1n) is 12.7. The molecular formula is C30H23N7O3S. The molecule has 0 radical (unpaired) electrons. The monoisotopic (exact) mass is 561 g/mol. The molecule has 10 nitrogen and oxygen atoms in total. The van der Waals surface area contributed by atoms with Crippen LogP contribution in [0.25, 0.3) is 32.9 Å². The third-order valence-electron chi connectivity index (χ3n) is 6.41. The van der Waals surface area contributed by atoms with Crippen LogP contribution in [-0.2, 0) is 17.9 Å². The van der Waals surface area contributed by atoms with E-state index in [1.165, 1.54) is 22.1 Å². The Bertz CT molecular complexity index is 1860. The van der Waals surface area contributed by atoms with Gasteiger partial charge >= 0.3 is 0 Å². The molecule has 0 atom stereocenters. The van der Waals surface area contributed by atoms with E-state index in [0.717, 1.165) is 27.2 Å². The highest BCUT2D eigenvalue weighted by Gasteiger charge is 2.17. The predicted molar refractivity (Wildman–Crippen MR) is 157 cm³/mol. The number of fused-ring (bicyclic) bond motifs is 1. The van der Waals surface area contributed by atoms with Crippen LogP contribution in [0.1, 0.15) is 16.1 Å². The minimum Gasteiger partial charge on any atom is -0.357 e. The smallest absolute Gasteiger partial charge is 0.278 e. The minimum atomic E-state index is -0.543. The van der Waals surface area contributed by atoms with Gasteiger partial charge in [-0.2, -0.15) is 0 Å². The van der Waals surface area contributed by atoms with Crippen molar-refractivity contribution >= 4 is 39.7 Å². The molecular weight excluding hydrogens is 538 g/mol. The Balaban J connectivity index is 1.23. The Hall–Kier alpha value is -5.42. The number of nitrogens with one attached hydrogen (secondary N) is 3. The molecule has 2 aromatic carbocycles. The molecule has 202 valence electrons. The van der Waals surface area contributed by atoms with Gasteiger partial charge in [0.25, 0.3) is 11.5 Å². The zero-order valence-corrected chi connectivity index (χ0v) is 22.4. The summed E-state index contributed by atoms with van der Waals surface area (Å²) < 4.78 is 1.26. The Kier molecular flexibility index (Phi) is 7.16. The summed E-state index contributed by atoms with van der Waals surface area (Å²) in [6.07, 6.45) is 6.47. The lowest BCUT2D eigenvalue weighted by Crippen LogP contribution is -2.35. The molecule has 4 aromatic heterocycles. The van der Waals surface area contributed by atoms with E-state index < -0.39 is 11.5 Å². The summed E-state index contributed by atoms with van der Waals surface area (Å²) in [5.41, 5.74) is 3.07. The third-order valence-corrected chi connectivity index (χ3v) is 7.23. The van der Waals surface area contributed by atoms with Crippen molar-refractivity contribution in [2.75, 3.05) is 5.32 Å². The lowest BCUT2D eigenvalue weighted by atomic mass is 10.1. The average Bonchev–Trinajstić information content (AvgIpc) is 3.69. The van der Waals surface area contributed by atoms with E-state index in [0.29, 0.717) is 17.0 Å². The lowest BCUT2D eigenvalue weighted by Gasteiger charge is -2.14. The van der Waals surface area contributed by atoms with Gasteiger partial charge in [-0.25, -0.2) is 9.97 Å². The molecule has 2 amide bonds. The van der Waals surface area contributed by atoms with E-state index in [2.05, 4.69) is 30.6 Å². The van der Waals surface area contributed by atoms with E-state index >= 15 is 0 Å². The highest BCUT2D eigenvalue weighted by Crippen LogP contribution is 2.22. The van der Waals surface area contributed by atoms with Gasteiger partial charge in [-0.3, -0.25) is 23.9 Å². The number of amides is 2. The maximum absolute atomic E-state index is 13.6. The number of nitrogens with zero attached hydrogens (tertiary/aromatic N) is 4. The Morgan fingerprint density at radius 2 is 1.76 bits per heavy atom. The maximum atomic E-state index is 13.6. The molecule has 6 aromatic rings. The molecule has 3 N–H and O–H groups in total. The second-order valence-corrected chi connectivity index (χ2v) is 10.1. The van der Waals surface area contributed by atoms with Crippen molar-refractivity contribution in [3.05, 3.63) is 119 Å². The molecule has 6 rings (SSSR count). The standard InChI is InChI=1S/C30H23N7O3S/c38-26(33-16-23-14-22-15-31-11-10-24(22)35-23)18-37-27(19-4-2-1-3-5-19)34-17-25(30(37)40)36-28(39)20-6-8-21(9-7-20)29-32-12-13-41-29/h1-15,17,35H,16,18H2,(H,33,38)(H,36,39). The van der Waals surface area contributed by atoms with E-state index in [9.17, 15) is 14.4 Å². The van der Waals surface area contributed by atoms with Crippen LogP contribution in [0.15, 0.2) is 102 Å². The van der Waals surface area contributed by atoms with Crippen molar-refractivity contribution in [2.24, 2.45) is 0 Å². The fraction of sp³-hybridized carbons (Fsp3) is 0.0667. The zero-order valence-electron chi connectivity index (χ0n) is 21.6. The number of carbonyl (C=O) groups is 2. The number of hydrogen-bond donors (Lipinski definition) is 3. The largest absolute Gasteiger partial charge is 0.357 e. The van der Waals surface area contributed by atoms with Gasteiger partial charge in [0.2, 0.25) is 5.91 Å². The Morgan fingerprint density at radius 3 is 2.51 bits per heavy atom. The van der Waals surface area contributed by atoms with Crippen LogP contribution >= 0.6 is 11.3 Å². The van der Waals surface area contributed by atoms with Gasteiger partial charge in [0.1, 0.15) is 23.1 Å². The van der Waals surface area contributed by atoms with E-state index in [1.807, 2.05) is 35.7 Å². The van der Waals surface area contributed by atoms with Crippen molar-refractivity contribution in [2.45, 2.75) is 13.1 Å². The molecule has 0 fully saturated rings. The van der Waals surface area contributed by atoms with Gasteiger partial charge in [-0.15, -0.1) is 11.3 Å². The number of benzene rings is 2. The molecule has 0 bridgehead atoms. The molecule has 0 unspecified atom stereocenters. The summed E-state index contributed by atoms with van der Waals surface area (Å²) in [4.78, 5) is 55.6. The van der Waals surface area contributed by atoms with E-state index in [-0.39, 0.29) is 24.7 Å². The van der Waals surface area contributed by atoms with Crippen molar-refractivity contribution in [1.82, 2.24) is 29.8 Å². The normalized spacial score (nSPS) is 10.9. The van der Waals surface area contributed by atoms with Crippen molar-refractivity contribution in [3.8, 4) is 22.0 Å². The van der Waals surface area contributed by atoms with Gasteiger partial charge in [0, 0.05) is 57.3 Å². The molecule has 0 aliphatic carbocycles. The fourth-order valence-electron chi connectivity index (χ4n) is 4.39. The number of H-pyrrole nitrogens is 1. The van der Waals surface area contributed by atoms with Gasteiger partial charge in [0.15, 0.2) is 0 Å². The summed E-state index contributed by atoms with van der Waals surface area (Å²) in [7, 11) is 0. The Morgan fingerprint density at radius 1 is 0.927 bits per heavy atom. The van der Waals surface area contributed by atoms with Gasteiger partial charge < -0.3 is 15.6 Å². The first-order chi connectivity index (χ1) is 20.0. The van der Waals surface area contributed by atoms with Crippen LogP contribution in [0.2, 0.25) is 0 Å². The van der Waals surface area contributed by atoms with E-state index in [4.69, 9.17) is 0 Å². The molecule has 0 spiro atoms. The number of aromatic nitrogens is 5. The first-order valence-corrected chi connectivity index (χ1v) is 13.6. The van der Waals surface area contributed by atoms with Gasteiger partial charge in [0.05, 0.1) is 12.7 Å². The molecule has 0 aliphatic heterocycles. The predicted octanol–water partition coefficient (Wildman–Crippen LogP) is 4.48. The number of hydrogen-bond acceptors (Lipinski definition) is 7. The first kappa shape index (κ1) is 25.8. The summed E-state index contributed by atoms with van der Waals surface area (Å²) in [6.45, 7) is -0.0478. The lowest BCUT2D eigenvalue weighted by molar-refractivity contribution is -0.121. The number of thiazole rings is 1. The van der Waals surface area contributed by atoms with Crippen molar-refractivity contribution < 1.29 is 9.59 Å².